The number of hydrogen-bond donors (Lipinski definition) is 2. The second-order valence-electron chi connectivity index (χ2n) is 6.80. The van der Waals surface area contributed by atoms with Gasteiger partial charge in [0, 0.05) is 11.1 Å². The van der Waals surface area contributed by atoms with Gasteiger partial charge in [0.1, 0.15) is 16.5 Å². The molecule has 0 spiro atoms. The predicted molar refractivity (Wildman–Crippen MR) is 124 cm³/mol. The fourth-order valence-electron chi connectivity index (χ4n) is 2.84. The van der Waals surface area contributed by atoms with Crippen LogP contribution in [0.3, 0.4) is 0 Å². The molecule has 7 heteroatoms. The number of thiazole rings is 1. The van der Waals surface area contributed by atoms with Gasteiger partial charge in [0.15, 0.2) is 0 Å². The lowest BCUT2D eigenvalue weighted by Crippen LogP contribution is -2.11. The minimum Gasteiger partial charge on any atom is -0.312 e. The predicted octanol–water partition coefficient (Wildman–Crippen LogP) is 5.96. The van der Waals surface area contributed by atoms with Crippen LogP contribution < -0.4 is 10.7 Å². The zero-order chi connectivity index (χ0) is 21.6. The third-order valence-corrected chi connectivity index (χ3v) is 5.33. The number of aryl methyl sites for hydroxylation is 1. The molecule has 4 rings (SSSR count). The van der Waals surface area contributed by atoms with E-state index >= 15 is 0 Å². The largest absolute Gasteiger partial charge is 0.312 e. The minimum atomic E-state index is -0.391. The summed E-state index contributed by atoms with van der Waals surface area (Å²) >= 11 is 1.28. The summed E-state index contributed by atoms with van der Waals surface area (Å²) in [5, 5.41) is 8.25. The van der Waals surface area contributed by atoms with E-state index in [2.05, 4.69) is 20.8 Å². The zero-order valence-corrected chi connectivity index (χ0v) is 17.5. The molecule has 0 saturated heterocycles. The summed E-state index contributed by atoms with van der Waals surface area (Å²) in [4.78, 5) is 17.2. The molecule has 1 aromatic heterocycles. The second kappa shape index (κ2) is 9.32. The molecule has 3 aromatic carbocycles. The quantitative estimate of drug-likeness (QED) is 0.293. The molecule has 0 radical (unpaired) electrons. The minimum absolute atomic E-state index is 0.337. The van der Waals surface area contributed by atoms with Gasteiger partial charge in [-0.05, 0) is 36.8 Å². The molecule has 154 valence electrons. The third-order valence-electron chi connectivity index (χ3n) is 4.46. The number of anilines is 2. The summed E-state index contributed by atoms with van der Waals surface area (Å²) in [6.45, 7) is 2.03. The first-order valence-electron chi connectivity index (χ1n) is 9.57. The second-order valence-corrected chi connectivity index (χ2v) is 7.80. The highest BCUT2D eigenvalue weighted by molar-refractivity contribution is 7.20. The summed E-state index contributed by atoms with van der Waals surface area (Å²) in [6.07, 6.45) is 1.71. The maximum atomic E-state index is 13.2. The van der Waals surface area contributed by atoms with E-state index in [1.165, 1.54) is 41.2 Å². The van der Waals surface area contributed by atoms with Crippen LogP contribution in [0.5, 0.6) is 0 Å². The third kappa shape index (κ3) is 5.21. The maximum absolute atomic E-state index is 13.2. The summed E-state index contributed by atoms with van der Waals surface area (Å²) in [5.74, 6) is -0.729. The van der Waals surface area contributed by atoms with Crippen LogP contribution in [0, 0.1) is 12.7 Å². The molecular formula is C24H19FN4OS. The summed E-state index contributed by atoms with van der Waals surface area (Å²) in [5.41, 5.74) is 6.94. The lowest BCUT2D eigenvalue weighted by atomic mass is 10.1. The molecule has 0 bridgehead atoms. The number of carbonyl (C=O) groups is 1. The fourth-order valence-corrected chi connectivity index (χ4v) is 3.67. The zero-order valence-electron chi connectivity index (χ0n) is 16.7. The maximum Gasteiger partial charge on any atom is 0.256 e. The van der Waals surface area contributed by atoms with Crippen LogP contribution >= 0.6 is 11.3 Å². The Morgan fingerprint density at radius 2 is 1.71 bits per heavy atom. The Labute approximate surface area is 183 Å². The molecule has 4 aromatic rings. The van der Waals surface area contributed by atoms with Crippen molar-refractivity contribution in [2.45, 2.75) is 6.92 Å². The van der Waals surface area contributed by atoms with Gasteiger partial charge in [-0.1, -0.05) is 71.5 Å². The lowest BCUT2D eigenvalue weighted by Gasteiger charge is -2.05. The van der Waals surface area contributed by atoms with Crippen LogP contribution in [-0.4, -0.2) is 17.1 Å². The highest BCUT2D eigenvalue weighted by atomic mass is 32.1. The first kappa shape index (κ1) is 20.4. The van der Waals surface area contributed by atoms with Crippen LogP contribution in [0.4, 0.5) is 14.5 Å². The number of aromatic nitrogens is 1. The number of hydrogen-bond acceptors (Lipinski definition) is 5. The molecule has 0 atom stereocenters. The molecule has 0 aliphatic rings. The average molecular weight is 431 g/mol. The van der Waals surface area contributed by atoms with Crippen molar-refractivity contribution in [3.63, 3.8) is 0 Å². The van der Waals surface area contributed by atoms with Crippen LogP contribution in [-0.2, 0) is 0 Å². The number of benzene rings is 3. The van der Waals surface area contributed by atoms with Crippen LogP contribution in [0.25, 0.3) is 11.3 Å². The highest BCUT2D eigenvalue weighted by Gasteiger charge is 2.16. The van der Waals surface area contributed by atoms with Crippen molar-refractivity contribution in [2.75, 3.05) is 10.7 Å². The SMILES string of the molecule is Cc1ccc(C=NNc2nc(-c3ccccc3)c(NC(=O)c3ccc(F)cc3)s2)cc1. The Kier molecular flexibility index (Phi) is 6.14. The van der Waals surface area contributed by atoms with Crippen molar-refractivity contribution in [1.29, 1.82) is 0 Å². The first-order chi connectivity index (χ1) is 15.1. The molecule has 5 nitrogen and oxygen atoms in total. The Morgan fingerprint density at radius 3 is 2.42 bits per heavy atom. The smallest absolute Gasteiger partial charge is 0.256 e. The van der Waals surface area contributed by atoms with Crippen molar-refractivity contribution in [3.8, 4) is 11.3 Å². The van der Waals surface area contributed by atoms with Gasteiger partial charge in [-0.3, -0.25) is 10.2 Å². The number of hydrazone groups is 1. The van der Waals surface area contributed by atoms with E-state index in [-0.39, 0.29) is 5.91 Å². The fraction of sp³-hybridized carbons (Fsp3) is 0.0417. The Hall–Kier alpha value is -3.84. The molecule has 2 N–H and O–H groups in total. The standard InChI is InChI=1S/C24H19FN4OS/c1-16-7-9-17(10-8-16)15-26-29-24-27-21(18-5-3-2-4-6-18)23(31-24)28-22(30)19-11-13-20(25)14-12-19/h2-15H,1H3,(H,27,29)(H,28,30). The van der Waals surface area contributed by atoms with Crippen LogP contribution in [0.15, 0.2) is 84.0 Å². The van der Waals surface area contributed by atoms with E-state index in [0.717, 1.165) is 11.1 Å². The number of nitrogens with one attached hydrogen (secondary N) is 2. The molecular weight excluding hydrogens is 411 g/mol. The summed E-state index contributed by atoms with van der Waals surface area (Å²) in [7, 11) is 0. The average Bonchev–Trinajstić information content (AvgIpc) is 3.18. The van der Waals surface area contributed by atoms with Crippen molar-refractivity contribution in [2.24, 2.45) is 5.10 Å². The van der Waals surface area contributed by atoms with E-state index in [1.54, 1.807) is 6.21 Å². The van der Waals surface area contributed by atoms with Crippen molar-refractivity contribution >= 4 is 33.6 Å². The van der Waals surface area contributed by atoms with Crippen molar-refractivity contribution in [3.05, 3.63) is 101 Å². The van der Waals surface area contributed by atoms with Gasteiger partial charge in [0.2, 0.25) is 5.13 Å². The van der Waals surface area contributed by atoms with Gasteiger partial charge in [0.25, 0.3) is 5.91 Å². The van der Waals surface area contributed by atoms with Gasteiger partial charge >= 0.3 is 0 Å². The van der Waals surface area contributed by atoms with Crippen LogP contribution in [0.2, 0.25) is 0 Å². The summed E-state index contributed by atoms with van der Waals surface area (Å²) < 4.78 is 13.2. The molecule has 0 aliphatic heterocycles. The number of rotatable bonds is 6. The normalized spacial score (nSPS) is 10.9. The number of amides is 1. The van der Waals surface area contributed by atoms with E-state index in [1.807, 2.05) is 61.5 Å². The molecule has 0 aliphatic carbocycles. The highest BCUT2D eigenvalue weighted by Crippen LogP contribution is 2.36. The van der Waals surface area contributed by atoms with E-state index in [9.17, 15) is 9.18 Å². The van der Waals surface area contributed by atoms with Gasteiger partial charge < -0.3 is 5.32 Å². The van der Waals surface area contributed by atoms with Gasteiger partial charge in [-0.2, -0.15) is 5.10 Å². The van der Waals surface area contributed by atoms with E-state index < -0.39 is 5.82 Å². The molecule has 31 heavy (non-hydrogen) atoms. The molecule has 0 saturated carbocycles. The Morgan fingerprint density at radius 1 is 1.00 bits per heavy atom. The lowest BCUT2D eigenvalue weighted by molar-refractivity contribution is 0.102. The number of nitrogens with zero attached hydrogens (tertiary/aromatic N) is 2. The first-order valence-corrected chi connectivity index (χ1v) is 10.4. The molecule has 1 heterocycles. The Bertz CT molecular complexity index is 1200. The Balaban J connectivity index is 1.57. The molecule has 1 amide bonds. The molecule has 0 unspecified atom stereocenters. The summed E-state index contributed by atoms with van der Waals surface area (Å²) in [6, 6.07) is 22.9. The van der Waals surface area contributed by atoms with Crippen molar-refractivity contribution in [1.82, 2.24) is 4.98 Å². The number of halogens is 1. The monoisotopic (exact) mass is 430 g/mol. The van der Waals surface area contributed by atoms with Gasteiger partial charge in [0.05, 0.1) is 6.21 Å². The molecule has 0 fully saturated rings. The van der Waals surface area contributed by atoms with Gasteiger partial charge in [-0.15, -0.1) is 0 Å². The van der Waals surface area contributed by atoms with E-state index in [0.29, 0.717) is 21.4 Å². The van der Waals surface area contributed by atoms with Crippen LogP contribution in [0.1, 0.15) is 21.5 Å². The van der Waals surface area contributed by atoms with Crippen molar-refractivity contribution < 1.29 is 9.18 Å². The van der Waals surface area contributed by atoms with Gasteiger partial charge in [-0.25, -0.2) is 9.37 Å². The van der Waals surface area contributed by atoms with E-state index in [4.69, 9.17) is 0 Å². The topological polar surface area (TPSA) is 66.4 Å². The number of carbonyl (C=O) groups excluding carboxylic acids is 1.